The Morgan fingerprint density at radius 2 is 2.14 bits per heavy atom. The predicted octanol–water partition coefficient (Wildman–Crippen LogP) is 3.35. The minimum Gasteiger partial charge on any atom is -0.492 e. The quantitative estimate of drug-likeness (QED) is 0.836. The zero-order chi connectivity index (χ0) is 15.0. The number of nitrogens with one attached hydrogen (secondary N) is 1. The van der Waals surface area contributed by atoms with Crippen LogP contribution in [0.3, 0.4) is 0 Å². The van der Waals surface area contributed by atoms with E-state index in [2.05, 4.69) is 5.32 Å². The van der Waals surface area contributed by atoms with Gasteiger partial charge in [-0.05, 0) is 30.7 Å². The van der Waals surface area contributed by atoms with Crippen LogP contribution in [-0.2, 0) is 4.79 Å². The Bertz CT molecular complexity index is 715. The second kappa shape index (κ2) is 5.30. The lowest BCUT2D eigenvalue weighted by atomic mass is 10.0. The molecular weight excluding hydrogens is 288 g/mol. The second-order valence-corrected chi connectivity index (χ2v) is 5.49. The van der Waals surface area contributed by atoms with Crippen LogP contribution in [0.5, 0.6) is 5.75 Å². The van der Waals surface area contributed by atoms with Crippen molar-refractivity contribution in [2.45, 2.75) is 12.8 Å². The molecule has 2 aromatic rings. The fraction of sp³-hybridized carbons (Fsp3) is 0.188. The largest absolute Gasteiger partial charge is 0.492 e. The van der Waals surface area contributed by atoms with E-state index in [0.29, 0.717) is 23.0 Å². The molecule has 0 radical (unpaired) electrons. The van der Waals surface area contributed by atoms with E-state index in [1.54, 1.807) is 12.1 Å². The van der Waals surface area contributed by atoms with E-state index in [9.17, 15) is 4.79 Å². The average Bonchev–Trinajstić information content (AvgIpc) is 2.88. The molecule has 1 amide bonds. The summed E-state index contributed by atoms with van der Waals surface area (Å²) in [7, 11) is 0. The molecule has 0 spiro atoms. The Morgan fingerprint density at radius 3 is 2.95 bits per heavy atom. The molecule has 2 aromatic carbocycles. The van der Waals surface area contributed by atoms with Gasteiger partial charge >= 0.3 is 0 Å². The van der Waals surface area contributed by atoms with Crippen LogP contribution in [-0.4, -0.2) is 12.5 Å². The lowest BCUT2D eigenvalue weighted by molar-refractivity contribution is -0.117. The summed E-state index contributed by atoms with van der Waals surface area (Å²) < 4.78 is 5.54. The maximum atomic E-state index is 12.5. The van der Waals surface area contributed by atoms with Gasteiger partial charge in [0.1, 0.15) is 18.3 Å². The molecule has 108 valence electrons. The first kappa shape index (κ1) is 13.8. The fourth-order valence-electron chi connectivity index (χ4n) is 2.44. The van der Waals surface area contributed by atoms with Crippen molar-refractivity contribution in [3.8, 4) is 5.75 Å². The molecule has 0 aliphatic carbocycles. The molecular formula is C16H15ClN2O2. The molecule has 0 fully saturated rings. The van der Waals surface area contributed by atoms with Crippen LogP contribution in [0, 0.1) is 6.92 Å². The van der Waals surface area contributed by atoms with Gasteiger partial charge in [0.05, 0.1) is 10.7 Å². The Labute approximate surface area is 127 Å². The first-order valence-electron chi connectivity index (χ1n) is 6.64. The zero-order valence-corrected chi connectivity index (χ0v) is 12.3. The van der Waals surface area contributed by atoms with Crippen molar-refractivity contribution < 1.29 is 9.53 Å². The number of ether oxygens (including phenoxy) is 1. The number of halogens is 1. The highest BCUT2D eigenvalue weighted by Gasteiger charge is 2.30. The Kier molecular flexibility index (Phi) is 3.47. The van der Waals surface area contributed by atoms with Gasteiger partial charge in [-0.2, -0.15) is 0 Å². The van der Waals surface area contributed by atoms with Crippen LogP contribution in [0.25, 0.3) is 0 Å². The van der Waals surface area contributed by atoms with E-state index >= 15 is 0 Å². The van der Waals surface area contributed by atoms with Crippen LogP contribution >= 0.6 is 11.6 Å². The first-order valence-corrected chi connectivity index (χ1v) is 7.02. The third-order valence-corrected chi connectivity index (χ3v) is 3.95. The summed E-state index contributed by atoms with van der Waals surface area (Å²) in [5.41, 5.74) is 8.70. The summed E-state index contributed by atoms with van der Waals surface area (Å²) in [5, 5.41) is 3.33. The Hall–Kier alpha value is -2.20. The fourth-order valence-corrected chi connectivity index (χ4v) is 2.60. The van der Waals surface area contributed by atoms with Crippen molar-refractivity contribution in [2.24, 2.45) is 0 Å². The molecule has 5 heteroatoms. The minimum atomic E-state index is -0.308. The number of hydrogen-bond donors (Lipinski definition) is 2. The van der Waals surface area contributed by atoms with Crippen molar-refractivity contribution in [3.63, 3.8) is 0 Å². The van der Waals surface area contributed by atoms with Gasteiger partial charge in [0, 0.05) is 11.3 Å². The summed E-state index contributed by atoms with van der Waals surface area (Å²) in [6, 6.07) is 11.0. The highest BCUT2D eigenvalue weighted by Crippen LogP contribution is 2.35. The molecule has 21 heavy (non-hydrogen) atoms. The molecule has 4 nitrogen and oxygen atoms in total. The van der Waals surface area contributed by atoms with Gasteiger partial charge in [-0.3, -0.25) is 4.79 Å². The van der Waals surface area contributed by atoms with Gasteiger partial charge in [0.25, 0.3) is 0 Å². The van der Waals surface area contributed by atoms with E-state index in [1.807, 2.05) is 31.2 Å². The van der Waals surface area contributed by atoms with Crippen LogP contribution < -0.4 is 15.8 Å². The van der Waals surface area contributed by atoms with Gasteiger partial charge in [-0.25, -0.2) is 0 Å². The molecule has 1 aliphatic heterocycles. The lowest BCUT2D eigenvalue weighted by Crippen LogP contribution is -2.22. The minimum absolute atomic E-state index is 0.108. The number of rotatable bonds is 2. The SMILES string of the molecule is Cc1cc(N)c(Cl)cc1NC(=O)C1COc2ccccc21. The maximum absolute atomic E-state index is 12.5. The van der Waals surface area contributed by atoms with Gasteiger partial charge in [-0.1, -0.05) is 29.8 Å². The molecule has 0 saturated carbocycles. The van der Waals surface area contributed by atoms with Gasteiger partial charge in [0.15, 0.2) is 0 Å². The molecule has 1 atom stereocenters. The number of carbonyl (C=O) groups excluding carboxylic acids is 1. The Balaban J connectivity index is 1.84. The third-order valence-electron chi connectivity index (χ3n) is 3.62. The van der Waals surface area contributed by atoms with Crippen molar-refractivity contribution >= 4 is 28.9 Å². The van der Waals surface area contributed by atoms with Crippen LogP contribution in [0.15, 0.2) is 36.4 Å². The monoisotopic (exact) mass is 302 g/mol. The number of amides is 1. The van der Waals surface area contributed by atoms with E-state index in [0.717, 1.165) is 16.9 Å². The van der Waals surface area contributed by atoms with Gasteiger partial charge in [0.2, 0.25) is 5.91 Å². The number of fused-ring (bicyclic) bond motifs is 1. The first-order chi connectivity index (χ1) is 10.1. The Morgan fingerprint density at radius 1 is 1.38 bits per heavy atom. The second-order valence-electron chi connectivity index (χ2n) is 5.08. The van der Waals surface area contributed by atoms with Crippen molar-refractivity contribution in [1.29, 1.82) is 0 Å². The van der Waals surface area contributed by atoms with E-state index < -0.39 is 0 Å². The molecule has 1 heterocycles. The normalized spacial score (nSPS) is 16.2. The summed E-state index contributed by atoms with van der Waals surface area (Å²) >= 11 is 6.01. The number of anilines is 2. The number of hydrogen-bond acceptors (Lipinski definition) is 3. The van der Waals surface area contributed by atoms with Crippen LogP contribution in [0.2, 0.25) is 5.02 Å². The van der Waals surface area contributed by atoms with Crippen molar-refractivity contribution in [2.75, 3.05) is 17.7 Å². The highest BCUT2D eigenvalue weighted by atomic mass is 35.5. The molecule has 3 rings (SSSR count). The molecule has 0 saturated heterocycles. The highest BCUT2D eigenvalue weighted by molar-refractivity contribution is 6.33. The summed E-state index contributed by atoms with van der Waals surface area (Å²) in [4.78, 5) is 12.5. The third kappa shape index (κ3) is 2.54. The number of nitrogens with two attached hydrogens (primary N) is 1. The number of nitrogen functional groups attached to an aromatic ring is 1. The number of aryl methyl sites for hydroxylation is 1. The number of carbonyl (C=O) groups is 1. The van der Waals surface area contributed by atoms with E-state index in [1.165, 1.54) is 0 Å². The average molecular weight is 303 g/mol. The molecule has 0 bridgehead atoms. The zero-order valence-electron chi connectivity index (χ0n) is 11.5. The van der Waals surface area contributed by atoms with Crippen LogP contribution in [0.1, 0.15) is 17.0 Å². The summed E-state index contributed by atoms with van der Waals surface area (Å²) in [5.74, 6) is 0.352. The van der Waals surface area contributed by atoms with Crippen molar-refractivity contribution in [3.05, 3.63) is 52.5 Å². The molecule has 3 N–H and O–H groups in total. The van der Waals surface area contributed by atoms with E-state index in [4.69, 9.17) is 22.1 Å². The smallest absolute Gasteiger partial charge is 0.235 e. The number of benzene rings is 2. The van der Waals surface area contributed by atoms with Gasteiger partial charge < -0.3 is 15.8 Å². The predicted molar refractivity (Wildman–Crippen MR) is 83.9 cm³/mol. The van der Waals surface area contributed by atoms with Crippen molar-refractivity contribution in [1.82, 2.24) is 0 Å². The van der Waals surface area contributed by atoms with E-state index in [-0.39, 0.29) is 11.8 Å². The molecule has 1 aliphatic rings. The molecule has 1 unspecified atom stereocenters. The molecule has 0 aromatic heterocycles. The van der Waals surface area contributed by atoms with Crippen LogP contribution in [0.4, 0.5) is 11.4 Å². The van der Waals surface area contributed by atoms with Gasteiger partial charge in [-0.15, -0.1) is 0 Å². The lowest BCUT2D eigenvalue weighted by Gasteiger charge is -2.13. The summed E-state index contributed by atoms with van der Waals surface area (Å²) in [6.07, 6.45) is 0. The summed E-state index contributed by atoms with van der Waals surface area (Å²) in [6.45, 7) is 2.23. The maximum Gasteiger partial charge on any atom is 0.235 e. The standard InChI is InChI=1S/C16H15ClN2O2/c1-9-6-13(18)12(17)7-14(9)19-16(20)11-8-21-15-5-3-2-4-10(11)15/h2-7,11H,8,18H2,1H3,(H,19,20). The topological polar surface area (TPSA) is 64.3 Å². The number of para-hydroxylation sites is 1.